The normalized spacial score (nSPS) is 12.1. The Morgan fingerprint density at radius 1 is 1.12 bits per heavy atom. The second-order valence-electron chi connectivity index (χ2n) is 6.02. The number of hydrogen-bond acceptors (Lipinski definition) is 2. The van der Waals surface area contributed by atoms with Crippen LogP contribution in [0, 0.1) is 0 Å². The maximum Gasteiger partial charge on any atom is 0.410 e. The van der Waals surface area contributed by atoms with Crippen molar-refractivity contribution in [2.24, 2.45) is 0 Å². The van der Waals surface area contributed by atoms with Gasteiger partial charge in [0.25, 0.3) is 0 Å². The molecule has 0 aliphatic rings. The van der Waals surface area contributed by atoms with Crippen LogP contribution >= 0.6 is 0 Å². The molecule has 4 heteroatoms. The van der Waals surface area contributed by atoms with Gasteiger partial charge in [-0.25, -0.2) is 4.79 Å². The molecule has 0 aromatic carbocycles. The molecular formula is C12H27NO2Si. The lowest BCUT2D eigenvalue weighted by Crippen LogP contribution is -2.42. The first-order chi connectivity index (χ1) is 7.15. The average molecular weight is 245 g/mol. The SMILES string of the molecule is CC(C)N(C(=O)OCC[Si](C)(C)C)C(C)C. The second-order valence-corrected chi connectivity index (χ2v) is 11.6. The fourth-order valence-electron chi connectivity index (χ4n) is 1.54. The monoisotopic (exact) mass is 245 g/mol. The minimum Gasteiger partial charge on any atom is -0.450 e. The van der Waals surface area contributed by atoms with Crippen LogP contribution in [0.3, 0.4) is 0 Å². The number of nitrogens with zero attached hydrogens (tertiary/aromatic N) is 1. The molecule has 0 atom stereocenters. The number of amides is 1. The number of carbonyl (C=O) groups is 1. The van der Waals surface area contributed by atoms with Crippen LogP contribution in [0.4, 0.5) is 4.79 Å². The molecule has 0 unspecified atom stereocenters. The maximum atomic E-state index is 11.8. The van der Waals surface area contributed by atoms with Crippen molar-refractivity contribution in [3.05, 3.63) is 0 Å². The van der Waals surface area contributed by atoms with E-state index in [1.807, 2.05) is 27.7 Å². The van der Waals surface area contributed by atoms with E-state index in [0.717, 1.165) is 6.04 Å². The number of hydrogen-bond donors (Lipinski definition) is 0. The predicted octanol–water partition coefficient (Wildman–Crippen LogP) is 3.58. The lowest BCUT2D eigenvalue weighted by molar-refractivity contribution is 0.0830. The van der Waals surface area contributed by atoms with Crippen LogP contribution in [0.15, 0.2) is 0 Å². The Morgan fingerprint density at radius 2 is 1.56 bits per heavy atom. The van der Waals surface area contributed by atoms with Gasteiger partial charge < -0.3 is 9.64 Å². The van der Waals surface area contributed by atoms with Crippen LogP contribution in [0.2, 0.25) is 25.7 Å². The van der Waals surface area contributed by atoms with Gasteiger partial charge in [-0.3, -0.25) is 0 Å². The standard InChI is InChI=1S/C12H27NO2Si/c1-10(2)13(11(3)4)12(14)15-8-9-16(5,6)7/h10-11H,8-9H2,1-7H3. The number of ether oxygens (including phenoxy) is 1. The molecule has 0 spiro atoms. The van der Waals surface area contributed by atoms with Gasteiger partial charge in [0, 0.05) is 20.2 Å². The first kappa shape index (κ1) is 15.5. The zero-order valence-electron chi connectivity index (χ0n) is 11.8. The van der Waals surface area contributed by atoms with Gasteiger partial charge in [-0.15, -0.1) is 0 Å². The van der Waals surface area contributed by atoms with Crippen molar-refractivity contribution >= 4 is 14.2 Å². The van der Waals surface area contributed by atoms with E-state index in [9.17, 15) is 4.79 Å². The third-order valence-electron chi connectivity index (χ3n) is 2.40. The van der Waals surface area contributed by atoms with Crippen LogP contribution in [0.5, 0.6) is 0 Å². The van der Waals surface area contributed by atoms with Crippen molar-refractivity contribution in [3.63, 3.8) is 0 Å². The van der Waals surface area contributed by atoms with Gasteiger partial charge in [0.1, 0.15) is 0 Å². The summed E-state index contributed by atoms with van der Waals surface area (Å²) < 4.78 is 5.32. The molecular weight excluding hydrogens is 218 g/mol. The summed E-state index contributed by atoms with van der Waals surface area (Å²) in [5, 5.41) is 0. The molecule has 0 aliphatic carbocycles. The van der Waals surface area contributed by atoms with Gasteiger partial charge in [0.2, 0.25) is 0 Å². The van der Waals surface area contributed by atoms with Gasteiger partial charge in [0.15, 0.2) is 0 Å². The van der Waals surface area contributed by atoms with E-state index in [1.54, 1.807) is 4.90 Å². The van der Waals surface area contributed by atoms with Crippen LogP contribution < -0.4 is 0 Å². The molecule has 0 saturated carbocycles. The zero-order valence-corrected chi connectivity index (χ0v) is 12.8. The highest BCUT2D eigenvalue weighted by molar-refractivity contribution is 6.76. The third kappa shape index (κ3) is 6.15. The van der Waals surface area contributed by atoms with Crippen molar-refractivity contribution in [2.75, 3.05) is 6.61 Å². The summed E-state index contributed by atoms with van der Waals surface area (Å²) >= 11 is 0. The summed E-state index contributed by atoms with van der Waals surface area (Å²) in [6, 6.07) is 1.42. The van der Waals surface area contributed by atoms with E-state index >= 15 is 0 Å². The molecule has 0 aromatic heterocycles. The van der Waals surface area contributed by atoms with Crippen LogP contribution in [-0.4, -0.2) is 37.8 Å². The lowest BCUT2D eigenvalue weighted by atomic mass is 10.2. The minimum atomic E-state index is -1.11. The number of carbonyl (C=O) groups excluding carboxylic acids is 1. The molecule has 96 valence electrons. The molecule has 1 amide bonds. The van der Waals surface area contributed by atoms with Gasteiger partial charge in [-0.2, -0.15) is 0 Å². The largest absolute Gasteiger partial charge is 0.450 e. The lowest BCUT2D eigenvalue weighted by Gasteiger charge is -2.30. The summed E-state index contributed by atoms with van der Waals surface area (Å²) in [5.41, 5.74) is 0. The highest BCUT2D eigenvalue weighted by Crippen LogP contribution is 2.11. The quantitative estimate of drug-likeness (QED) is 0.693. The molecule has 0 fully saturated rings. The highest BCUT2D eigenvalue weighted by atomic mass is 28.3. The molecule has 0 aliphatic heterocycles. The first-order valence-corrected chi connectivity index (χ1v) is 9.81. The summed E-state index contributed by atoms with van der Waals surface area (Å²) in [6.45, 7) is 15.5. The molecule has 0 aromatic rings. The smallest absolute Gasteiger partial charge is 0.410 e. The molecule has 0 radical (unpaired) electrons. The maximum absolute atomic E-state index is 11.8. The van der Waals surface area contributed by atoms with Crippen LogP contribution in [-0.2, 0) is 4.74 Å². The summed E-state index contributed by atoms with van der Waals surface area (Å²) in [4.78, 5) is 13.6. The van der Waals surface area contributed by atoms with Crippen molar-refractivity contribution in [3.8, 4) is 0 Å². The van der Waals surface area contributed by atoms with Gasteiger partial charge in [-0.1, -0.05) is 19.6 Å². The zero-order chi connectivity index (χ0) is 12.9. The van der Waals surface area contributed by atoms with E-state index in [1.165, 1.54) is 0 Å². The van der Waals surface area contributed by atoms with Crippen LogP contribution in [0.1, 0.15) is 27.7 Å². The van der Waals surface area contributed by atoms with Crippen molar-refractivity contribution in [1.29, 1.82) is 0 Å². The molecule has 16 heavy (non-hydrogen) atoms. The molecule has 3 nitrogen and oxygen atoms in total. The highest BCUT2D eigenvalue weighted by Gasteiger charge is 2.22. The second kappa shape index (κ2) is 6.28. The van der Waals surface area contributed by atoms with E-state index in [-0.39, 0.29) is 18.2 Å². The molecule has 0 saturated heterocycles. The van der Waals surface area contributed by atoms with E-state index in [4.69, 9.17) is 4.74 Å². The Balaban J connectivity index is 4.13. The van der Waals surface area contributed by atoms with Crippen molar-refractivity contribution in [2.45, 2.75) is 65.5 Å². The first-order valence-electron chi connectivity index (χ1n) is 6.10. The van der Waals surface area contributed by atoms with Crippen molar-refractivity contribution < 1.29 is 9.53 Å². The van der Waals surface area contributed by atoms with Crippen LogP contribution in [0.25, 0.3) is 0 Å². The van der Waals surface area contributed by atoms with Gasteiger partial charge in [-0.05, 0) is 33.7 Å². The van der Waals surface area contributed by atoms with E-state index in [2.05, 4.69) is 19.6 Å². The fraction of sp³-hybridized carbons (Fsp3) is 0.917. The average Bonchev–Trinajstić information content (AvgIpc) is 1.99. The molecule has 0 heterocycles. The summed E-state index contributed by atoms with van der Waals surface area (Å²) in [6.07, 6.45) is -0.178. The fourth-order valence-corrected chi connectivity index (χ4v) is 2.25. The predicted molar refractivity (Wildman–Crippen MR) is 71.6 cm³/mol. The van der Waals surface area contributed by atoms with Crippen molar-refractivity contribution in [1.82, 2.24) is 4.90 Å². The Labute approximate surface area is 101 Å². The Morgan fingerprint density at radius 3 is 1.88 bits per heavy atom. The number of rotatable bonds is 5. The Kier molecular flexibility index (Phi) is 6.08. The van der Waals surface area contributed by atoms with E-state index < -0.39 is 8.07 Å². The third-order valence-corrected chi connectivity index (χ3v) is 4.11. The Bertz CT molecular complexity index is 214. The van der Waals surface area contributed by atoms with Gasteiger partial charge >= 0.3 is 6.09 Å². The minimum absolute atomic E-state index is 0.178. The summed E-state index contributed by atoms with van der Waals surface area (Å²) in [5.74, 6) is 0. The van der Waals surface area contributed by atoms with Gasteiger partial charge in [0.05, 0.1) is 6.61 Å². The topological polar surface area (TPSA) is 29.5 Å². The summed E-state index contributed by atoms with van der Waals surface area (Å²) in [7, 11) is -1.11. The van der Waals surface area contributed by atoms with E-state index in [0.29, 0.717) is 6.61 Å². The molecule has 0 rings (SSSR count). The Hall–Kier alpha value is -0.513. The molecule has 0 N–H and O–H groups in total. The molecule has 0 bridgehead atoms.